The van der Waals surface area contributed by atoms with Gasteiger partial charge >= 0.3 is 0 Å². The van der Waals surface area contributed by atoms with E-state index in [4.69, 9.17) is 10.5 Å². The van der Waals surface area contributed by atoms with Crippen LogP contribution < -0.4 is 15.8 Å². The van der Waals surface area contributed by atoms with Crippen molar-refractivity contribution in [1.29, 1.82) is 0 Å². The van der Waals surface area contributed by atoms with E-state index in [0.717, 1.165) is 35.3 Å². The normalized spacial score (nSPS) is 22.2. The molecule has 4 heteroatoms. The monoisotopic (exact) mass is 285 g/mol. The summed E-state index contributed by atoms with van der Waals surface area (Å²) < 4.78 is 5.42. The average molecular weight is 285 g/mol. The van der Waals surface area contributed by atoms with Crippen LogP contribution in [0.25, 0.3) is 10.8 Å². The number of anilines is 1. The molecule has 2 atom stereocenters. The molecule has 1 heterocycles. The molecule has 0 saturated heterocycles. The van der Waals surface area contributed by atoms with Crippen LogP contribution >= 0.6 is 0 Å². The zero-order valence-electron chi connectivity index (χ0n) is 12.5. The third-order valence-electron chi connectivity index (χ3n) is 4.49. The molecule has 0 spiro atoms. The van der Waals surface area contributed by atoms with Gasteiger partial charge in [0.25, 0.3) is 0 Å². The number of aromatic nitrogens is 1. The molecular formula is C17H23N3O. The maximum Gasteiger partial charge on any atom is 0.133 e. The van der Waals surface area contributed by atoms with E-state index in [0.29, 0.717) is 12.0 Å². The number of nitrogens with two attached hydrogens (primary N) is 1. The molecule has 0 radical (unpaired) electrons. The minimum Gasteiger partial charge on any atom is -0.496 e. The fourth-order valence-electron chi connectivity index (χ4n) is 3.21. The molecule has 2 unspecified atom stereocenters. The van der Waals surface area contributed by atoms with Crippen LogP contribution in [0, 0.1) is 5.92 Å². The van der Waals surface area contributed by atoms with Gasteiger partial charge in [-0.05, 0) is 30.9 Å². The molecule has 21 heavy (non-hydrogen) atoms. The van der Waals surface area contributed by atoms with Crippen LogP contribution in [-0.4, -0.2) is 24.7 Å². The highest BCUT2D eigenvalue weighted by Gasteiger charge is 2.21. The summed E-state index contributed by atoms with van der Waals surface area (Å²) in [6, 6.07) is 8.36. The largest absolute Gasteiger partial charge is 0.496 e. The summed E-state index contributed by atoms with van der Waals surface area (Å²) >= 11 is 0. The number of pyridine rings is 1. The Balaban J connectivity index is 1.80. The second kappa shape index (κ2) is 6.31. The molecule has 4 nitrogen and oxygen atoms in total. The lowest BCUT2D eigenvalue weighted by molar-refractivity contribution is 0.321. The summed E-state index contributed by atoms with van der Waals surface area (Å²) in [5.41, 5.74) is 6.22. The zero-order valence-corrected chi connectivity index (χ0v) is 12.5. The van der Waals surface area contributed by atoms with Crippen molar-refractivity contribution in [3.8, 4) is 5.75 Å². The maximum absolute atomic E-state index is 6.22. The first-order chi connectivity index (χ1) is 10.3. The number of ether oxygens (including phenoxy) is 1. The van der Waals surface area contributed by atoms with Crippen molar-refractivity contribution < 1.29 is 4.74 Å². The standard InChI is InChI=1S/C17H23N3O/c1-21-16-8-4-6-14-13(16)9-10-19-17(14)20-11-12-5-2-3-7-15(12)18/h4,6,8-10,12,15H,2-3,5,7,11,18H2,1H3,(H,19,20). The van der Waals surface area contributed by atoms with Crippen molar-refractivity contribution in [2.45, 2.75) is 31.7 Å². The van der Waals surface area contributed by atoms with E-state index in [1.807, 2.05) is 24.4 Å². The summed E-state index contributed by atoms with van der Waals surface area (Å²) in [5, 5.41) is 5.68. The summed E-state index contributed by atoms with van der Waals surface area (Å²) in [6.45, 7) is 0.893. The lowest BCUT2D eigenvalue weighted by atomic mass is 9.85. The number of fused-ring (bicyclic) bond motifs is 1. The molecule has 1 aromatic carbocycles. The summed E-state index contributed by atoms with van der Waals surface area (Å²) in [5.74, 6) is 2.35. The Morgan fingerprint density at radius 3 is 2.90 bits per heavy atom. The molecule has 3 rings (SSSR count). The highest BCUT2D eigenvalue weighted by atomic mass is 16.5. The third kappa shape index (κ3) is 2.95. The highest BCUT2D eigenvalue weighted by Crippen LogP contribution is 2.30. The van der Waals surface area contributed by atoms with Crippen LogP contribution in [0.15, 0.2) is 30.5 Å². The number of hydrogen-bond donors (Lipinski definition) is 2. The zero-order chi connectivity index (χ0) is 14.7. The molecule has 1 aromatic heterocycles. The van der Waals surface area contributed by atoms with Crippen molar-refractivity contribution in [1.82, 2.24) is 4.98 Å². The second-order valence-corrected chi connectivity index (χ2v) is 5.80. The maximum atomic E-state index is 6.22. The minimum atomic E-state index is 0.316. The third-order valence-corrected chi connectivity index (χ3v) is 4.49. The predicted octanol–water partition coefficient (Wildman–Crippen LogP) is 3.17. The predicted molar refractivity (Wildman–Crippen MR) is 86.7 cm³/mol. The smallest absolute Gasteiger partial charge is 0.133 e. The van der Waals surface area contributed by atoms with Gasteiger partial charge in [-0.25, -0.2) is 4.98 Å². The van der Waals surface area contributed by atoms with Crippen molar-refractivity contribution >= 4 is 16.6 Å². The number of benzene rings is 1. The number of methoxy groups -OCH3 is 1. The molecule has 0 amide bonds. The van der Waals surface area contributed by atoms with Crippen molar-refractivity contribution in [3.05, 3.63) is 30.5 Å². The van der Waals surface area contributed by atoms with E-state index in [1.54, 1.807) is 7.11 Å². The first-order valence-corrected chi connectivity index (χ1v) is 7.71. The molecule has 1 saturated carbocycles. The van der Waals surface area contributed by atoms with Gasteiger partial charge in [-0.1, -0.05) is 25.0 Å². The fourth-order valence-corrected chi connectivity index (χ4v) is 3.21. The van der Waals surface area contributed by atoms with Gasteiger partial charge in [0.15, 0.2) is 0 Å². The minimum absolute atomic E-state index is 0.316. The lowest BCUT2D eigenvalue weighted by Gasteiger charge is -2.28. The quantitative estimate of drug-likeness (QED) is 0.906. The lowest BCUT2D eigenvalue weighted by Crippen LogP contribution is -2.37. The first kappa shape index (κ1) is 14.1. The Kier molecular flexibility index (Phi) is 4.25. The van der Waals surface area contributed by atoms with Gasteiger partial charge in [-0.15, -0.1) is 0 Å². The van der Waals surface area contributed by atoms with E-state index in [2.05, 4.69) is 16.4 Å². The fraction of sp³-hybridized carbons (Fsp3) is 0.471. The van der Waals surface area contributed by atoms with E-state index in [1.165, 1.54) is 19.3 Å². The molecule has 2 aromatic rings. The van der Waals surface area contributed by atoms with E-state index < -0.39 is 0 Å². The van der Waals surface area contributed by atoms with Crippen LogP contribution in [0.2, 0.25) is 0 Å². The average Bonchev–Trinajstić information content (AvgIpc) is 2.53. The van der Waals surface area contributed by atoms with Crippen LogP contribution in [0.4, 0.5) is 5.82 Å². The van der Waals surface area contributed by atoms with Crippen molar-refractivity contribution in [2.24, 2.45) is 11.7 Å². The molecular weight excluding hydrogens is 262 g/mol. The van der Waals surface area contributed by atoms with E-state index in [-0.39, 0.29) is 0 Å². The Labute approximate surface area is 125 Å². The van der Waals surface area contributed by atoms with Crippen molar-refractivity contribution in [2.75, 3.05) is 19.0 Å². The first-order valence-electron chi connectivity index (χ1n) is 7.71. The molecule has 0 bridgehead atoms. The van der Waals surface area contributed by atoms with E-state index in [9.17, 15) is 0 Å². The SMILES string of the molecule is COc1cccc2c(NCC3CCCCC3N)nccc12. The van der Waals surface area contributed by atoms with E-state index >= 15 is 0 Å². The van der Waals surface area contributed by atoms with Gasteiger partial charge in [0.2, 0.25) is 0 Å². The summed E-state index contributed by atoms with van der Waals surface area (Å²) in [4.78, 5) is 4.48. The molecule has 1 aliphatic carbocycles. The van der Waals surface area contributed by atoms with Crippen LogP contribution in [0.1, 0.15) is 25.7 Å². The van der Waals surface area contributed by atoms with Gasteiger partial charge in [0.1, 0.15) is 11.6 Å². The Hall–Kier alpha value is -1.81. The van der Waals surface area contributed by atoms with Gasteiger partial charge < -0.3 is 15.8 Å². The van der Waals surface area contributed by atoms with Gasteiger partial charge in [0.05, 0.1) is 7.11 Å². The summed E-state index contributed by atoms with van der Waals surface area (Å²) in [7, 11) is 1.70. The Morgan fingerprint density at radius 2 is 2.10 bits per heavy atom. The molecule has 1 aliphatic rings. The molecule has 1 fully saturated rings. The number of rotatable bonds is 4. The molecule has 112 valence electrons. The molecule has 0 aliphatic heterocycles. The van der Waals surface area contributed by atoms with Crippen LogP contribution in [0.3, 0.4) is 0 Å². The second-order valence-electron chi connectivity index (χ2n) is 5.80. The summed E-state index contributed by atoms with van der Waals surface area (Å²) in [6.07, 6.45) is 6.73. The Bertz CT molecular complexity index is 614. The van der Waals surface area contributed by atoms with Gasteiger partial charge in [-0.2, -0.15) is 0 Å². The van der Waals surface area contributed by atoms with Crippen molar-refractivity contribution in [3.63, 3.8) is 0 Å². The van der Waals surface area contributed by atoms with Gasteiger partial charge in [-0.3, -0.25) is 0 Å². The Morgan fingerprint density at radius 1 is 1.24 bits per heavy atom. The topological polar surface area (TPSA) is 60.2 Å². The number of nitrogens with zero attached hydrogens (tertiary/aromatic N) is 1. The number of hydrogen-bond acceptors (Lipinski definition) is 4. The highest BCUT2D eigenvalue weighted by molar-refractivity contribution is 5.95. The van der Waals surface area contributed by atoms with Crippen LogP contribution in [0.5, 0.6) is 5.75 Å². The number of nitrogens with one attached hydrogen (secondary N) is 1. The van der Waals surface area contributed by atoms with Gasteiger partial charge in [0, 0.05) is 29.6 Å². The molecule has 3 N–H and O–H groups in total. The van der Waals surface area contributed by atoms with Crippen LogP contribution in [-0.2, 0) is 0 Å².